The first-order valence-electron chi connectivity index (χ1n) is 19.8. The number of aryl methyl sites for hydroxylation is 3. The van der Waals surface area contributed by atoms with E-state index in [1.807, 2.05) is 57.3 Å². The summed E-state index contributed by atoms with van der Waals surface area (Å²) in [7, 11) is 5.38. The molecule has 0 spiro atoms. The summed E-state index contributed by atoms with van der Waals surface area (Å²) < 4.78 is 17.9. The fourth-order valence-electron chi connectivity index (χ4n) is 6.57. The number of rotatable bonds is 19. The number of hydrogen-bond acceptors (Lipinski definition) is 8. The zero-order valence-corrected chi connectivity index (χ0v) is 33.9. The van der Waals surface area contributed by atoms with Gasteiger partial charge < -0.3 is 26.1 Å². The van der Waals surface area contributed by atoms with Gasteiger partial charge in [-0.25, -0.2) is 18.7 Å². The number of aldehydes is 1. The van der Waals surface area contributed by atoms with Gasteiger partial charge in [-0.3, -0.25) is 18.7 Å². The van der Waals surface area contributed by atoms with Crippen LogP contribution >= 0.6 is 0 Å². The van der Waals surface area contributed by atoms with Gasteiger partial charge >= 0.3 is 5.69 Å². The molecule has 0 saturated heterocycles. The molecule has 1 unspecified atom stereocenters. The molecule has 1 saturated carbocycles. The molecule has 5 aromatic rings. The van der Waals surface area contributed by atoms with Crippen molar-refractivity contribution in [3.05, 3.63) is 94.8 Å². The number of unbranched alkanes of at least 4 members (excludes halogenated alkanes) is 5. The lowest BCUT2D eigenvalue weighted by atomic mass is 10.0. The highest BCUT2D eigenvalue weighted by molar-refractivity contribution is 5.94. The second-order valence-corrected chi connectivity index (χ2v) is 14.2. The zero-order valence-electron chi connectivity index (χ0n) is 33.9. The minimum absolute atomic E-state index is 0.123. The molecule has 6 rings (SSSR count). The summed E-state index contributed by atoms with van der Waals surface area (Å²) in [5.41, 5.74) is 7.25. The van der Waals surface area contributed by atoms with Crippen molar-refractivity contribution < 1.29 is 18.8 Å². The second kappa shape index (κ2) is 22.1. The fourth-order valence-corrected chi connectivity index (χ4v) is 6.57. The van der Waals surface area contributed by atoms with Crippen LogP contribution in [-0.2, 0) is 23.1 Å². The molecular formula is C43H58FN9O4. The smallest absolute Gasteiger partial charge is 0.329 e. The molecule has 1 aliphatic rings. The number of anilines is 1. The summed E-state index contributed by atoms with van der Waals surface area (Å²) in [6, 6.07) is 15.2. The zero-order chi connectivity index (χ0) is 41.3. The fraction of sp³-hybridized carbons (Fsp3) is 0.442. The lowest BCUT2D eigenvalue weighted by Gasteiger charge is -2.11. The van der Waals surface area contributed by atoms with Gasteiger partial charge in [0.1, 0.15) is 12.5 Å². The van der Waals surface area contributed by atoms with Crippen molar-refractivity contribution in [1.82, 2.24) is 39.7 Å². The molecule has 3 aromatic heterocycles. The van der Waals surface area contributed by atoms with Gasteiger partial charge in [0.25, 0.3) is 5.91 Å². The molecule has 13 nitrogen and oxygen atoms in total. The SMILES string of the molecule is C=CNC.CCCC(C=O)n1c(=O)n(C)c2cc(CCCCCCCCNC=O)ccc21.CNc1cc(-c2cccc(C)c2)nn2c(C(=O)N[C@@H]3C[C@@H]3F)cnc12. The number of fused-ring (bicyclic) bond motifs is 2. The van der Waals surface area contributed by atoms with Gasteiger partial charge in [-0.05, 0) is 68.6 Å². The molecule has 1 aliphatic carbocycles. The molecule has 1 fully saturated rings. The number of amides is 2. The average molecular weight is 784 g/mol. The maximum atomic E-state index is 13.1. The Bertz CT molecular complexity index is 2160. The van der Waals surface area contributed by atoms with E-state index in [9.17, 15) is 23.6 Å². The lowest BCUT2D eigenvalue weighted by molar-refractivity contribution is -0.111. The number of hydrogen-bond donors (Lipinski definition) is 4. The van der Waals surface area contributed by atoms with E-state index in [4.69, 9.17) is 0 Å². The average Bonchev–Trinajstić information content (AvgIpc) is 3.63. The van der Waals surface area contributed by atoms with Gasteiger partial charge in [-0.15, -0.1) is 0 Å². The Balaban J connectivity index is 0.000000232. The maximum absolute atomic E-state index is 13.1. The molecule has 3 atom stereocenters. The predicted molar refractivity (Wildman–Crippen MR) is 225 cm³/mol. The van der Waals surface area contributed by atoms with E-state index in [0.717, 1.165) is 84.9 Å². The molecule has 0 bridgehead atoms. The summed E-state index contributed by atoms with van der Waals surface area (Å²) >= 11 is 0. The first-order chi connectivity index (χ1) is 27.6. The molecule has 57 heavy (non-hydrogen) atoms. The van der Waals surface area contributed by atoms with Crippen LogP contribution in [0.5, 0.6) is 0 Å². The number of nitrogens with zero attached hydrogens (tertiary/aromatic N) is 5. The molecule has 14 heteroatoms. The van der Waals surface area contributed by atoms with Crippen molar-refractivity contribution >= 4 is 41.0 Å². The van der Waals surface area contributed by atoms with Gasteiger partial charge in [-0.2, -0.15) is 5.10 Å². The number of alkyl halides is 1. The molecule has 0 radical (unpaired) electrons. The van der Waals surface area contributed by atoms with Crippen LogP contribution in [0.3, 0.4) is 0 Å². The van der Waals surface area contributed by atoms with Crippen molar-refractivity contribution in [3.63, 3.8) is 0 Å². The highest BCUT2D eigenvalue weighted by Crippen LogP contribution is 2.27. The van der Waals surface area contributed by atoms with Gasteiger partial charge in [0.05, 0.1) is 40.7 Å². The number of carbonyl (C=O) groups excluding carboxylic acids is 3. The molecule has 2 amide bonds. The van der Waals surface area contributed by atoms with Crippen LogP contribution in [-0.4, -0.2) is 75.2 Å². The van der Waals surface area contributed by atoms with E-state index in [-0.39, 0.29) is 11.6 Å². The van der Waals surface area contributed by atoms with Crippen LogP contribution in [0.15, 0.2) is 72.3 Å². The van der Waals surface area contributed by atoms with E-state index in [1.165, 1.54) is 35.5 Å². The Labute approximate surface area is 334 Å². The number of halogens is 1. The van der Waals surface area contributed by atoms with Crippen molar-refractivity contribution in [2.24, 2.45) is 7.05 Å². The Morgan fingerprint density at radius 2 is 1.75 bits per heavy atom. The molecular weight excluding hydrogens is 726 g/mol. The minimum Gasteiger partial charge on any atom is -0.394 e. The molecule has 2 aromatic carbocycles. The summed E-state index contributed by atoms with van der Waals surface area (Å²) in [5.74, 6) is -0.367. The van der Waals surface area contributed by atoms with Gasteiger partial charge in [0.2, 0.25) is 6.41 Å². The standard InChI is InChI=1S/C22H33N3O3.C18H18FN5O.C3H7N/c1-3-10-19(16-26)25-20-13-12-18(15-21(20)24(2)22(25)28)11-8-6-4-5-7-9-14-23-17-27;1-10-4-3-5-11(6-10)13-8-15(20-2)17-21-9-16(24(17)23-13)18(25)22-14-7-12(14)19;1-3-4-2/h12-13,15-17,19H,3-11,14H2,1-2H3,(H,23,27);3-6,8-9,12,14,20H,7H2,1-2H3,(H,22,25);3-4H,1H2,2H3/t;12-,14+;/m.0./s1. The van der Waals surface area contributed by atoms with E-state index >= 15 is 0 Å². The number of nitrogens with one attached hydrogen (secondary N) is 4. The van der Waals surface area contributed by atoms with Gasteiger partial charge in [-0.1, -0.05) is 75.4 Å². The van der Waals surface area contributed by atoms with Crippen molar-refractivity contribution in [2.45, 2.75) is 96.3 Å². The van der Waals surface area contributed by atoms with Crippen LogP contribution in [0.1, 0.15) is 92.4 Å². The minimum atomic E-state index is -0.952. The number of imidazole rings is 2. The van der Waals surface area contributed by atoms with E-state index in [2.05, 4.69) is 50.1 Å². The summed E-state index contributed by atoms with van der Waals surface area (Å²) in [5, 5.41) is 15.7. The van der Waals surface area contributed by atoms with Crippen LogP contribution in [0.2, 0.25) is 0 Å². The first kappa shape index (κ1) is 43.9. The number of carbonyl (C=O) groups is 3. The van der Waals surface area contributed by atoms with Crippen molar-refractivity contribution in [1.29, 1.82) is 0 Å². The quantitative estimate of drug-likeness (QED) is 0.0551. The van der Waals surface area contributed by atoms with E-state index in [0.29, 0.717) is 24.2 Å². The molecule has 3 heterocycles. The third-order valence-electron chi connectivity index (χ3n) is 9.86. The van der Waals surface area contributed by atoms with Gasteiger partial charge in [0, 0.05) is 39.7 Å². The van der Waals surface area contributed by atoms with Crippen LogP contribution in [0.25, 0.3) is 27.9 Å². The highest BCUT2D eigenvalue weighted by Gasteiger charge is 2.39. The first-order valence-corrected chi connectivity index (χ1v) is 19.8. The third kappa shape index (κ3) is 11.9. The number of benzene rings is 2. The predicted octanol–water partition coefficient (Wildman–Crippen LogP) is 6.45. The van der Waals surface area contributed by atoms with Crippen molar-refractivity contribution in [2.75, 3.05) is 26.0 Å². The van der Waals surface area contributed by atoms with Crippen LogP contribution in [0, 0.1) is 6.92 Å². The normalized spacial score (nSPS) is 14.7. The summed E-state index contributed by atoms with van der Waals surface area (Å²) in [4.78, 5) is 51.0. The highest BCUT2D eigenvalue weighted by atomic mass is 19.1. The Kier molecular flexibility index (Phi) is 17.0. The monoisotopic (exact) mass is 783 g/mol. The lowest BCUT2D eigenvalue weighted by Crippen LogP contribution is -2.28. The Morgan fingerprint density at radius 3 is 2.39 bits per heavy atom. The molecule has 0 aliphatic heterocycles. The number of aromatic nitrogens is 5. The topological polar surface area (TPSA) is 156 Å². The van der Waals surface area contributed by atoms with E-state index in [1.54, 1.807) is 29.4 Å². The second-order valence-electron chi connectivity index (χ2n) is 14.2. The largest absolute Gasteiger partial charge is 0.394 e. The van der Waals surface area contributed by atoms with Gasteiger partial charge in [0.15, 0.2) is 11.3 Å². The summed E-state index contributed by atoms with van der Waals surface area (Å²) in [6.45, 7) is 8.17. The van der Waals surface area contributed by atoms with E-state index < -0.39 is 18.3 Å². The van der Waals surface area contributed by atoms with Crippen LogP contribution in [0.4, 0.5) is 10.1 Å². The van der Waals surface area contributed by atoms with Crippen molar-refractivity contribution in [3.8, 4) is 11.3 Å². The Hall–Kier alpha value is -5.79. The third-order valence-corrected chi connectivity index (χ3v) is 9.86. The summed E-state index contributed by atoms with van der Waals surface area (Å²) in [6.07, 6.45) is 13.6. The maximum Gasteiger partial charge on any atom is 0.329 e. The van der Waals surface area contributed by atoms with Crippen LogP contribution < -0.4 is 27.0 Å². The Morgan fingerprint density at radius 1 is 1.04 bits per heavy atom. The molecule has 4 N–H and O–H groups in total. The molecule has 306 valence electrons.